The van der Waals surface area contributed by atoms with Gasteiger partial charge in [0.25, 0.3) is 5.91 Å². The number of nitrogens with zero attached hydrogens (tertiary/aromatic N) is 1. The van der Waals surface area contributed by atoms with Crippen LogP contribution in [0, 0.1) is 0 Å². The number of fused-ring (bicyclic) bond motifs is 1. The average Bonchev–Trinajstić information content (AvgIpc) is 2.74. The summed E-state index contributed by atoms with van der Waals surface area (Å²) in [7, 11) is 0. The van der Waals surface area contributed by atoms with E-state index in [1.165, 1.54) is 0 Å². The van der Waals surface area contributed by atoms with E-state index in [9.17, 15) is 9.59 Å². The third kappa shape index (κ3) is 3.60. The lowest BCUT2D eigenvalue weighted by Crippen LogP contribution is -2.51. The van der Waals surface area contributed by atoms with Crippen LogP contribution in [0.15, 0.2) is 48.5 Å². The molecule has 1 fully saturated rings. The van der Waals surface area contributed by atoms with Gasteiger partial charge in [-0.05, 0) is 30.0 Å². The van der Waals surface area contributed by atoms with Crippen molar-refractivity contribution in [1.29, 1.82) is 0 Å². The van der Waals surface area contributed by atoms with Gasteiger partial charge in [0.05, 0.1) is 12.0 Å². The second kappa shape index (κ2) is 7.64. The Hall–Kier alpha value is -2.86. The molecule has 6 heteroatoms. The molecule has 0 radical (unpaired) electrons. The number of likely N-dealkylation sites (tertiary alicyclic amines) is 1. The molecule has 2 amide bonds. The maximum atomic E-state index is 12.6. The summed E-state index contributed by atoms with van der Waals surface area (Å²) in [6.45, 7) is 1.30. The van der Waals surface area contributed by atoms with Gasteiger partial charge in [0.1, 0.15) is 11.4 Å². The van der Waals surface area contributed by atoms with Crippen molar-refractivity contribution in [3.63, 3.8) is 0 Å². The van der Waals surface area contributed by atoms with Gasteiger partial charge in [-0.25, -0.2) is 5.48 Å². The van der Waals surface area contributed by atoms with Crippen LogP contribution < -0.4 is 10.2 Å². The molecule has 28 heavy (non-hydrogen) atoms. The summed E-state index contributed by atoms with van der Waals surface area (Å²) in [6, 6.07) is 15.2. The Morgan fingerprint density at radius 3 is 2.50 bits per heavy atom. The highest BCUT2D eigenvalue weighted by molar-refractivity contribution is 5.96. The third-order valence-corrected chi connectivity index (χ3v) is 5.84. The van der Waals surface area contributed by atoms with Crippen LogP contribution in [-0.2, 0) is 17.6 Å². The van der Waals surface area contributed by atoms with Crippen molar-refractivity contribution >= 4 is 11.8 Å². The minimum Gasteiger partial charge on any atom is -0.486 e. The highest BCUT2D eigenvalue weighted by Crippen LogP contribution is 2.41. The number of carbonyl (C=O) groups excluding carboxylic acids is 2. The minimum absolute atomic E-state index is 0.137. The van der Waals surface area contributed by atoms with Crippen molar-refractivity contribution in [2.24, 2.45) is 0 Å². The fourth-order valence-electron chi connectivity index (χ4n) is 4.17. The normalized spacial score (nSPS) is 17.5. The Morgan fingerprint density at radius 1 is 1.04 bits per heavy atom. The van der Waals surface area contributed by atoms with Crippen molar-refractivity contribution in [2.75, 3.05) is 13.1 Å². The smallest absolute Gasteiger partial charge is 0.278 e. The molecule has 0 aromatic heterocycles. The zero-order valence-electron chi connectivity index (χ0n) is 15.7. The average molecular weight is 380 g/mol. The van der Waals surface area contributed by atoms with E-state index in [0.717, 1.165) is 36.8 Å². The number of benzene rings is 2. The fourth-order valence-corrected chi connectivity index (χ4v) is 4.17. The number of hydrogen-bond donors (Lipinski definition) is 2. The molecule has 2 aromatic rings. The summed E-state index contributed by atoms with van der Waals surface area (Å²) in [5.41, 5.74) is 3.69. The number of ether oxygens (including phenoxy) is 1. The second-order valence-electron chi connectivity index (χ2n) is 7.56. The minimum atomic E-state index is -0.565. The maximum Gasteiger partial charge on any atom is 0.278 e. The van der Waals surface area contributed by atoms with Crippen LogP contribution in [0.1, 0.15) is 40.7 Å². The SMILES string of the molecule is O=C(NO)c1cccc2c1OC1(CC2)CCN(C(=O)Cc2ccccc2)CC1. The van der Waals surface area contributed by atoms with Gasteiger partial charge in [-0.3, -0.25) is 14.8 Å². The maximum absolute atomic E-state index is 12.6. The van der Waals surface area contributed by atoms with Crippen molar-refractivity contribution in [3.8, 4) is 5.75 Å². The third-order valence-electron chi connectivity index (χ3n) is 5.84. The van der Waals surface area contributed by atoms with Gasteiger partial charge in [-0.1, -0.05) is 42.5 Å². The van der Waals surface area contributed by atoms with E-state index in [-0.39, 0.29) is 11.5 Å². The van der Waals surface area contributed by atoms with Crippen molar-refractivity contribution in [2.45, 2.75) is 37.7 Å². The molecule has 2 aromatic carbocycles. The Kier molecular flexibility index (Phi) is 5.05. The molecule has 0 atom stereocenters. The standard InChI is InChI=1S/C22H24N2O4/c25-19(15-16-5-2-1-3-6-16)24-13-11-22(12-14-24)10-9-17-7-4-8-18(20(17)28-22)21(26)23-27/h1-8,27H,9-15H2,(H,23,26). The molecule has 0 unspecified atom stereocenters. The molecule has 2 aliphatic heterocycles. The molecule has 0 bridgehead atoms. The predicted molar refractivity (Wildman–Crippen MR) is 103 cm³/mol. The van der Waals surface area contributed by atoms with E-state index >= 15 is 0 Å². The molecular formula is C22H24N2O4. The molecule has 1 saturated heterocycles. The lowest BCUT2D eigenvalue weighted by Gasteiger charge is -2.45. The van der Waals surface area contributed by atoms with Crippen LogP contribution in [0.4, 0.5) is 0 Å². The van der Waals surface area contributed by atoms with Crippen molar-refractivity contribution in [1.82, 2.24) is 10.4 Å². The van der Waals surface area contributed by atoms with Crippen molar-refractivity contribution in [3.05, 3.63) is 65.2 Å². The quantitative estimate of drug-likeness (QED) is 0.634. The molecule has 0 saturated carbocycles. The number of hydrogen-bond acceptors (Lipinski definition) is 4. The zero-order valence-corrected chi connectivity index (χ0v) is 15.7. The first-order valence-corrected chi connectivity index (χ1v) is 9.67. The van der Waals surface area contributed by atoms with Gasteiger partial charge in [0.2, 0.25) is 5.91 Å². The van der Waals surface area contributed by atoms with Gasteiger partial charge in [0, 0.05) is 25.9 Å². The summed E-state index contributed by atoms with van der Waals surface area (Å²) < 4.78 is 6.35. The topological polar surface area (TPSA) is 78.9 Å². The highest BCUT2D eigenvalue weighted by Gasteiger charge is 2.41. The van der Waals surface area contributed by atoms with E-state index < -0.39 is 5.91 Å². The lowest BCUT2D eigenvalue weighted by molar-refractivity contribution is -0.134. The van der Waals surface area contributed by atoms with Gasteiger partial charge in [0.15, 0.2) is 0 Å². The lowest BCUT2D eigenvalue weighted by atomic mass is 9.82. The molecule has 2 N–H and O–H groups in total. The summed E-state index contributed by atoms with van der Waals surface area (Å²) in [4.78, 5) is 26.5. The number of aryl methyl sites for hydroxylation is 1. The number of amides is 2. The largest absolute Gasteiger partial charge is 0.486 e. The highest BCUT2D eigenvalue weighted by atomic mass is 16.5. The first-order valence-electron chi connectivity index (χ1n) is 9.67. The molecule has 4 rings (SSSR count). The Balaban J connectivity index is 1.44. The molecule has 1 spiro atoms. The van der Waals surface area contributed by atoms with Crippen LogP contribution >= 0.6 is 0 Å². The molecule has 2 heterocycles. The summed E-state index contributed by atoms with van der Waals surface area (Å²) in [5, 5.41) is 9.01. The van der Waals surface area contributed by atoms with E-state index in [1.807, 2.05) is 41.3 Å². The first kappa shape index (κ1) is 18.5. The van der Waals surface area contributed by atoms with Crippen LogP contribution in [0.3, 0.4) is 0 Å². The number of carbonyl (C=O) groups is 2. The van der Waals surface area contributed by atoms with Gasteiger partial charge < -0.3 is 9.64 Å². The van der Waals surface area contributed by atoms with E-state index in [4.69, 9.17) is 9.94 Å². The number of para-hydroxylation sites is 1. The number of piperidine rings is 1. The zero-order chi connectivity index (χ0) is 19.6. The second-order valence-corrected chi connectivity index (χ2v) is 7.56. The number of hydroxylamine groups is 1. The molecule has 6 nitrogen and oxygen atoms in total. The van der Waals surface area contributed by atoms with Crippen LogP contribution in [0.2, 0.25) is 0 Å². The van der Waals surface area contributed by atoms with Gasteiger partial charge >= 0.3 is 0 Å². The van der Waals surface area contributed by atoms with E-state index in [2.05, 4.69) is 0 Å². The van der Waals surface area contributed by atoms with Crippen LogP contribution in [0.5, 0.6) is 5.75 Å². The van der Waals surface area contributed by atoms with E-state index in [0.29, 0.717) is 30.8 Å². The summed E-state index contributed by atoms with van der Waals surface area (Å²) in [6.07, 6.45) is 3.58. The molecule has 2 aliphatic rings. The predicted octanol–water partition coefficient (Wildman–Crippen LogP) is 2.73. The monoisotopic (exact) mass is 380 g/mol. The van der Waals surface area contributed by atoms with Crippen LogP contribution in [-0.4, -0.2) is 40.6 Å². The van der Waals surface area contributed by atoms with Crippen LogP contribution in [0.25, 0.3) is 0 Å². The Bertz CT molecular complexity index is 873. The summed E-state index contributed by atoms with van der Waals surface area (Å²) >= 11 is 0. The van der Waals surface area contributed by atoms with Gasteiger partial charge in [-0.15, -0.1) is 0 Å². The van der Waals surface area contributed by atoms with Crippen molar-refractivity contribution < 1.29 is 19.5 Å². The molecular weight excluding hydrogens is 356 g/mol. The fraction of sp³-hybridized carbons (Fsp3) is 0.364. The molecule has 146 valence electrons. The molecule has 0 aliphatic carbocycles. The first-order chi connectivity index (χ1) is 13.6. The van der Waals surface area contributed by atoms with E-state index in [1.54, 1.807) is 17.6 Å². The Morgan fingerprint density at radius 2 is 1.79 bits per heavy atom. The number of rotatable bonds is 3. The van der Waals surface area contributed by atoms with Gasteiger partial charge in [-0.2, -0.15) is 0 Å². The summed E-state index contributed by atoms with van der Waals surface area (Å²) in [5.74, 6) is 0.131. The number of nitrogens with one attached hydrogen (secondary N) is 1. The Labute approximate surface area is 164 Å².